The van der Waals surface area contributed by atoms with Gasteiger partial charge in [0.1, 0.15) is 5.72 Å². The summed E-state index contributed by atoms with van der Waals surface area (Å²) in [6, 6.07) is 18.6. The zero-order chi connectivity index (χ0) is 19.0. The molecular formula is C24H27NO2. The predicted molar refractivity (Wildman–Crippen MR) is 107 cm³/mol. The molecule has 1 aliphatic carbocycles. The molecule has 0 saturated carbocycles. The van der Waals surface area contributed by atoms with Gasteiger partial charge in [-0.15, -0.1) is 6.58 Å². The Balaban J connectivity index is 1.66. The fraction of sp³-hybridized carbons (Fsp3) is 0.375. The number of carbonyl (C=O) groups excluding carboxylic acids is 1. The number of amides is 1. The molecule has 1 fully saturated rings. The zero-order valence-corrected chi connectivity index (χ0v) is 16.1. The van der Waals surface area contributed by atoms with Crippen LogP contribution in [0.25, 0.3) is 0 Å². The highest BCUT2D eigenvalue weighted by Gasteiger charge is 2.54. The largest absolute Gasteiger partial charge is 0.350 e. The molecule has 0 aromatic heterocycles. The number of hydrogen-bond acceptors (Lipinski definition) is 2. The number of ether oxygens (including phenoxy) is 1. The monoisotopic (exact) mass is 361 g/mol. The lowest BCUT2D eigenvalue weighted by Crippen LogP contribution is -2.47. The lowest BCUT2D eigenvalue weighted by molar-refractivity contribution is -0.152. The second-order valence-corrected chi connectivity index (χ2v) is 8.07. The van der Waals surface area contributed by atoms with Crippen molar-refractivity contribution in [1.29, 1.82) is 0 Å². The van der Waals surface area contributed by atoms with Gasteiger partial charge in [0.25, 0.3) is 0 Å². The molecule has 1 saturated heterocycles. The van der Waals surface area contributed by atoms with Crippen LogP contribution in [0.5, 0.6) is 0 Å². The van der Waals surface area contributed by atoms with Crippen LogP contribution in [0.2, 0.25) is 0 Å². The SMILES string of the molecule is C=CC[C@@H](Cc1ccccc1)C(=O)N1C2c3ccccc3CC2OC1(C)C. The summed E-state index contributed by atoms with van der Waals surface area (Å²) >= 11 is 0. The van der Waals surface area contributed by atoms with Gasteiger partial charge in [-0.1, -0.05) is 60.7 Å². The quantitative estimate of drug-likeness (QED) is 0.724. The number of benzene rings is 2. The van der Waals surface area contributed by atoms with Gasteiger partial charge in [-0.25, -0.2) is 0 Å². The predicted octanol–water partition coefficient (Wildman–Crippen LogP) is 4.68. The van der Waals surface area contributed by atoms with E-state index in [0.29, 0.717) is 6.42 Å². The van der Waals surface area contributed by atoms with Crippen molar-refractivity contribution in [2.24, 2.45) is 5.92 Å². The Hall–Kier alpha value is -2.39. The molecule has 3 atom stereocenters. The van der Waals surface area contributed by atoms with Crippen LogP contribution in [0.15, 0.2) is 67.3 Å². The van der Waals surface area contributed by atoms with E-state index in [1.54, 1.807) is 0 Å². The van der Waals surface area contributed by atoms with E-state index in [4.69, 9.17) is 4.74 Å². The Bertz CT molecular complexity index is 842. The summed E-state index contributed by atoms with van der Waals surface area (Å²) in [6.07, 6.45) is 4.16. The van der Waals surface area contributed by atoms with Crippen molar-refractivity contribution in [3.05, 3.63) is 83.9 Å². The highest BCUT2D eigenvalue weighted by atomic mass is 16.5. The first kappa shape index (κ1) is 18.0. The van der Waals surface area contributed by atoms with Crippen LogP contribution < -0.4 is 0 Å². The maximum Gasteiger partial charge on any atom is 0.229 e. The molecule has 1 aliphatic heterocycles. The summed E-state index contributed by atoms with van der Waals surface area (Å²) in [4.78, 5) is 15.7. The molecule has 2 aromatic carbocycles. The van der Waals surface area contributed by atoms with Crippen molar-refractivity contribution in [2.75, 3.05) is 0 Å². The molecule has 2 unspecified atom stereocenters. The lowest BCUT2D eigenvalue weighted by Gasteiger charge is -2.36. The van der Waals surface area contributed by atoms with Gasteiger partial charge < -0.3 is 9.64 Å². The summed E-state index contributed by atoms with van der Waals surface area (Å²) in [6.45, 7) is 7.91. The molecule has 2 aliphatic rings. The van der Waals surface area contributed by atoms with Crippen LogP contribution in [-0.2, 0) is 22.4 Å². The first-order valence-electron chi connectivity index (χ1n) is 9.75. The molecular weight excluding hydrogens is 334 g/mol. The minimum absolute atomic E-state index is 0.00629. The maximum atomic E-state index is 13.7. The molecule has 0 radical (unpaired) electrons. The number of carbonyl (C=O) groups is 1. The van der Waals surface area contributed by atoms with Gasteiger partial charge in [-0.2, -0.15) is 0 Å². The molecule has 4 rings (SSSR count). The van der Waals surface area contributed by atoms with Crippen LogP contribution in [0.1, 0.15) is 43.0 Å². The number of allylic oxidation sites excluding steroid dienone is 1. The molecule has 0 spiro atoms. The van der Waals surface area contributed by atoms with Crippen LogP contribution >= 0.6 is 0 Å². The first-order valence-corrected chi connectivity index (χ1v) is 9.75. The topological polar surface area (TPSA) is 29.5 Å². The van der Waals surface area contributed by atoms with Gasteiger partial charge in [0, 0.05) is 12.3 Å². The number of rotatable bonds is 5. The molecule has 0 N–H and O–H groups in total. The van der Waals surface area contributed by atoms with E-state index in [2.05, 4.69) is 43.0 Å². The van der Waals surface area contributed by atoms with Gasteiger partial charge in [0.2, 0.25) is 5.91 Å². The molecule has 2 aromatic rings. The fourth-order valence-electron chi connectivity index (χ4n) is 4.68. The number of hydrogen-bond donors (Lipinski definition) is 0. The summed E-state index contributed by atoms with van der Waals surface area (Å²) < 4.78 is 6.35. The van der Waals surface area contributed by atoms with E-state index in [1.165, 1.54) is 16.7 Å². The third-order valence-electron chi connectivity index (χ3n) is 5.81. The third kappa shape index (κ3) is 3.21. The van der Waals surface area contributed by atoms with Crippen LogP contribution in [-0.4, -0.2) is 22.6 Å². The minimum atomic E-state index is -0.601. The Labute approximate surface area is 161 Å². The van der Waals surface area contributed by atoms with Crippen molar-refractivity contribution < 1.29 is 9.53 Å². The van der Waals surface area contributed by atoms with Crippen LogP contribution in [0, 0.1) is 5.92 Å². The van der Waals surface area contributed by atoms with E-state index >= 15 is 0 Å². The fourth-order valence-corrected chi connectivity index (χ4v) is 4.68. The lowest BCUT2D eigenvalue weighted by atomic mass is 9.93. The first-order chi connectivity index (χ1) is 13.0. The van der Waals surface area contributed by atoms with Gasteiger partial charge in [-0.05, 0) is 43.4 Å². The van der Waals surface area contributed by atoms with E-state index in [1.807, 2.05) is 43.0 Å². The number of nitrogens with zero attached hydrogens (tertiary/aromatic N) is 1. The standard InChI is InChI=1S/C24H27NO2/c1-4-10-19(15-17-11-6-5-7-12-17)23(26)25-22-20-14-9-8-13-18(20)16-21(22)27-24(25,2)3/h4-9,11-14,19,21-22H,1,10,15-16H2,2-3H3/t19-,21?,22?/m0/s1. The Morgan fingerprint density at radius 2 is 1.93 bits per heavy atom. The van der Waals surface area contributed by atoms with Crippen molar-refractivity contribution >= 4 is 5.91 Å². The third-order valence-corrected chi connectivity index (χ3v) is 5.81. The smallest absolute Gasteiger partial charge is 0.229 e. The van der Waals surface area contributed by atoms with Gasteiger partial charge in [-0.3, -0.25) is 4.79 Å². The highest BCUT2D eigenvalue weighted by molar-refractivity contribution is 5.81. The second-order valence-electron chi connectivity index (χ2n) is 8.07. The molecule has 1 amide bonds. The van der Waals surface area contributed by atoms with Crippen molar-refractivity contribution in [3.63, 3.8) is 0 Å². The number of fused-ring (bicyclic) bond motifs is 3. The molecule has 27 heavy (non-hydrogen) atoms. The van der Waals surface area contributed by atoms with E-state index in [0.717, 1.165) is 12.8 Å². The normalized spacial score (nSPS) is 23.6. The average molecular weight is 361 g/mol. The Morgan fingerprint density at radius 3 is 2.67 bits per heavy atom. The van der Waals surface area contributed by atoms with Crippen LogP contribution in [0.4, 0.5) is 0 Å². The minimum Gasteiger partial charge on any atom is -0.350 e. The van der Waals surface area contributed by atoms with E-state index < -0.39 is 5.72 Å². The second kappa shape index (κ2) is 6.97. The molecule has 1 heterocycles. The summed E-state index contributed by atoms with van der Waals surface area (Å²) in [7, 11) is 0. The molecule has 3 heteroatoms. The summed E-state index contributed by atoms with van der Waals surface area (Å²) in [5.74, 6) is 0.0345. The van der Waals surface area contributed by atoms with Gasteiger partial charge >= 0.3 is 0 Å². The van der Waals surface area contributed by atoms with Crippen molar-refractivity contribution in [3.8, 4) is 0 Å². The van der Waals surface area contributed by atoms with Gasteiger partial charge in [0.05, 0.1) is 12.1 Å². The van der Waals surface area contributed by atoms with E-state index in [9.17, 15) is 4.79 Å². The van der Waals surface area contributed by atoms with Gasteiger partial charge in [0.15, 0.2) is 0 Å². The molecule has 140 valence electrons. The zero-order valence-electron chi connectivity index (χ0n) is 16.1. The Morgan fingerprint density at radius 1 is 1.22 bits per heavy atom. The maximum absolute atomic E-state index is 13.7. The van der Waals surface area contributed by atoms with Crippen molar-refractivity contribution in [2.45, 2.75) is 51.0 Å². The Kier molecular flexibility index (Phi) is 4.65. The molecule has 3 nitrogen and oxygen atoms in total. The highest BCUT2D eigenvalue weighted by Crippen LogP contribution is 2.48. The van der Waals surface area contributed by atoms with E-state index in [-0.39, 0.29) is 24.0 Å². The van der Waals surface area contributed by atoms with Crippen LogP contribution in [0.3, 0.4) is 0 Å². The molecule has 0 bridgehead atoms. The van der Waals surface area contributed by atoms with Crippen molar-refractivity contribution in [1.82, 2.24) is 4.90 Å². The summed E-state index contributed by atoms with van der Waals surface area (Å²) in [5.41, 5.74) is 3.11. The summed E-state index contributed by atoms with van der Waals surface area (Å²) in [5, 5.41) is 0. The average Bonchev–Trinajstić information content (AvgIpc) is 3.12.